The van der Waals surface area contributed by atoms with Gasteiger partial charge in [-0.3, -0.25) is 9.59 Å². The maximum Gasteiger partial charge on any atom is 0.265 e. The van der Waals surface area contributed by atoms with Gasteiger partial charge in [0.1, 0.15) is 13.2 Å². The van der Waals surface area contributed by atoms with Crippen molar-refractivity contribution in [3.8, 4) is 0 Å². The minimum absolute atomic E-state index is 0.0241. The third-order valence-electron chi connectivity index (χ3n) is 2.50. The average molecular weight is 251 g/mol. The number of hydrogen-bond donors (Lipinski definition) is 0. The summed E-state index contributed by atoms with van der Waals surface area (Å²) in [5.74, 6) is -0.595. The third kappa shape index (κ3) is 2.50. The Labute approximate surface area is 104 Å². The second-order valence-electron chi connectivity index (χ2n) is 3.89. The molecule has 0 atom stereocenters. The highest BCUT2D eigenvalue weighted by Gasteiger charge is 2.28. The molecular formula is C12H13NO3S. The fourth-order valence-electron chi connectivity index (χ4n) is 1.62. The summed E-state index contributed by atoms with van der Waals surface area (Å²) in [5, 5.41) is 0. The van der Waals surface area contributed by atoms with Crippen molar-refractivity contribution in [3.05, 3.63) is 29.3 Å². The van der Waals surface area contributed by atoms with Crippen LogP contribution >= 0.6 is 11.9 Å². The summed E-state index contributed by atoms with van der Waals surface area (Å²) in [6, 6.07) is 5.88. The third-order valence-corrected chi connectivity index (χ3v) is 3.91. The highest BCUT2D eigenvalue weighted by Crippen LogP contribution is 2.30. The van der Waals surface area contributed by atoms with Gasteiger partial charge in [-0.15, -0.1) is 0 Å². The Morgan fingerprint density at radius 1 is 1.12 bits per heavy atom. The Morgan fingerprint density at radius 3 is 2.18 bits per heavy atom. The predicted octanol–water partition coefficient (Wildman–Crippen LogP) is 1.70. The molecule has 0 radical (unpaired) electrons. The zero-order valence-corrected chi connectivity index (χ0v) is 10.5. The summed E-state index contributed by atoms with van der Waals surface area (Å²) >= 11 is 1.19. The molecule has 0 aliphatic carbocycles. The number of morpholine rings is 1. The van der Waals surface area contributed by atoms with Crippen LogP contribution in [0.3, 0.4) is 0 Å². The number of nitrogens with zero attached hydrogens (tertiary/aromatic N) is 1. The summed E-state index contributed by atoms with van der Waals surface area (Å²) in [4.78, 5) is 24.1. The maximum absolute atomic E-state index is 11.6. The normalized spacial score (nSPS) is 16.5. The minimum Gasteiger partial charge on any atom is -0.362 e. The molecular weight excluding hydrogens is 238 g/mol. The smallest absolute Gasteiger partial charge is 0.265 e. The summed E-state index contributed by atoms with van der Waals surface area (Å²) in [5.41, 5.74) is 2.11. The van der Waals surface area contributed by atoms with Gasteiger partial charge in [-0.2, -0.15) is 0 Å². The van der Waals surface area contributed by atoms with E-state index < -0.39 is 0 Å². The van der Waals surface area contributed by atoms with Crippen LogP contribution in [0.4, 0.5) is 0 Å². The maximum atomic E-state index is 11.6. The topological polar surface area (TPSA) is 46.6 Å². The number of rotatable bonds is 2. The number of carbonyl (C=O) groups is 2. The number of imide groups is 1. The van der Waals surface area contributed by atoms with E-state index in [1.165, 1.54) is 16.3 Å². The van der Waals surface area contributed by atoms with E-state index in [9.17, 15) is 9.59 Å². The first-order chi connectivity index (χ1) is 8.09. The molecule has 1 aliphatic heterocycles. The van der Waals surface area contributed by atoms with E-state index in [1.807, 2.05) is 32.0 Å². The van der Waals surface area contributed by atoms with E-state index >= 15 is 0 Å². The largest absolute Gasteiger partial charge is 0.362 e. The van der Waals surface area contributed by atoms with Crippen LogP contribution in [0.25, 0.3) is 0 Å². The zero-order valence-electron chi connectivity index (χ0n) is 9.73. The van der Waals surface area contributed by atoms with Crippen molar-refractivity contribution in [2.75, 3.05) is 13.2 Å². The number of carbonyl (C=O) groups excluding carboxylic acids is 2. The van der Waals surface area contributed by atoms with E-state index in [0.29, 0.717) is 0 Å². The van der Waals surface area contributed by atoms with Crippen molar-refractivity contribution in [1.82, 2.24) is 4.31 Å². The standard InChI is InChI=1S/C12H13NO3S/c1-8-4-3-5-9(2)12(8)17-13-10(14)6-16-7-11(13)15/h3-5H,6-7H2,1-2H3. The first-order valence-electron chi connectivity index (χ1n) is 5.27. The molecule has 1 heterocycles. The van der Waals surface area contributed by atoms with Crippen LogP contribution in [-0.4, -0.2) is 29.3 Å². The van der Waals surface area contributed by atoms with Crippen LogP contribution in [0.2, 0.25) is 0 Å². The molecule has 1 aromatic rings. The molecule has 1 fully saturated rings. The van der Waals surface area contributed by atoms with Crippen molar-refractivity contribution < 1.29 is 14.3 Å². The molecule has 0 N–H and O–H groups in total. The summed E-state index contributed by atoms with van der Waals surface area (Å²) < 4.78 is 6.06. The van der Waals surface area contributed by atoms with Gasteiger partial charge in [0.15, 0.2) is 0 Å². The Balaban J connectivity index is 2.25. The molecule has 1 saturated heterocycles. The molecule has 0 aromatic heterocycles. The van der Waals surface area contributed by atoms with E-state index in [1.54, 1.807) is 0 Å². The zero-order chi connectivity index (χ0) is 12.4. The number of ether oxygens (including phenoxy) is 1. The molecule has 17 heavy (non-hydrogen) atoms. The second-order valence-corrected chi connectivity index (χ2v) is 4.84. The molecule has 1 aliphatic rings. The Hall–Kier alpha value is -1.33. The fraction of sp³-hybridized carbons (Fsp3) is 0.333. The SMILES string of the molecule is Cc1cccc(C)c1SN1C(=O)COCC1=O. The summed E-state index contributed by atoms with van der Waals surface area (Å²) in [6.45, 7) is 3.88. The first-order valence-corrected chi connectivity index (χ1v) is 6.04. The van der Waals surface area contributed by atoms with Crippen LogP contribution in [0.1, 0.15) is 11.1 Å². The van der Waals surface area contributed by atoms with Crippen molar-refractivity contribution in [1.29, 1.82) is 0 Å². The van der Waals surface area contributed by atoms with Gasteiger partial charge in [0.05, 0.1) is 0 Å². The van der Waals surface area contributed by atoms with Gasteiger partial charge in [0.25, 0.3) is 11.8 Å². The van der Waals surface area contributed by atoms with Gasteiger partial charge < -0.3 is 4.74 Å². The average Bonchev–Trinajstić information content (AvgIpc) is 2.27. The lowest BCUT2D eigenvalue weighted by molar-refractivity contribution is -0.150. The first kappa shape index (κ1) is 12.1. The number of hydrogen-bond acceptors (Lipinski definition) is 4. The lowest BCUT2D eigenvalue weighted by Gasteiger charge is -2.24. The van der Waals surface area contributed by atoms with Gasteiger partial charge >= 0.3 is 0 Å². The number of benzene rings is 1. The van der Waals surface area contributed by atoms with Gasteiger partial charge in [0, 0.05) is 4.90 Å². The van der Waals surface area contributed by atoms with Crippen LogP contribution in [0.5, 0.6) is 0 Å². The second kappa shape index (κ2) is 4.89. The van der Waals surface area contributed by atoms with Gasteiger partial charge in [0.2, 0.25) is 0 Å². The van der Waals surface area contributed by atoms with Gasteiger partial charge in [-0.05, 0) is 36.9 Å². The molecule has 2 amide bonds. The Kier molecular flexibility index (Phi) is 3.49. The van der Waals surface area contributed by atoms with E-state index in [0.717, 1.165) is 16.0 Å². The highest BCUT2D eigenvalue weighted by molar-refractivity contribution is 7.98. The van der Waals surface area contributed by atoms with Crippen LogP contribution in [0, 0.1) is 13.8 Å². The lowest BCUT2D eigenvalue weighted by atomic mass is 10.2. The molecule has 1 aromatic carbocycles. The number of amides is 2. The summed E-state index contributed by atoms with van der Waals surface area (Å²) in [7, 11) is 0. The fourth-order valence-corrected chi connectivity index (χ4v) is 2.53. The Bertz CT molecular complexity index is 437. The minimum atomic E-state index is -0.297. The van der Waals surface area contributed by atoms with Crippen molar-refractivity contribution in [3.63, 3.8) is 0 Å². The quantitative estimate of drug-likeness (QED) is 0.593. The van der Waals surface area contributed by atoms with Crippen molar-refractivity contribution in [2.45, 2.75) is 18.7 Å². The van der Waals surface area contributed by atoms with Crippen LogP contribution < -0.4 is 0 Å². The molecule has 0 spiro atoms. The summed E-state index contributed by atoms with van der Waals surface area (Å²) in [6.07, 6.45) is 0. The van der Waals surface area contributed by atoms with Crippen molar-refractivity contribution in [2.24, 2.45) is 0 Å². The van der Waals surface area contributed by atoms with E-state index in [4.69, 9.17) is 4.74 Å². The number of aryl methyl sites for hydroxylation is 2. The predicted molar refractivity (Wildman–Crippen MR) is 64.4 cm³/mol. The molecule has 0 saturated carbocycles. The van der Waals surface area contributed by atoms with Crippen molar-refractivity contribution >= 4 is 23.8 Å². The Morgan fingerprint density at radius 2 is 1.65 bits per heavy atom. The van der Waals surface area contributed by atoms with Crippen LogP contribution in [0.15, 0.2) is 23.1 Å². The van der Waals surface area contributed by atoms with Crippen LogP contribution in [-0.2, 0) is 14.3 Å². The van der Waals surface area contributed by atoms with E-state index in [-0.39, 0.29) is 25.0 Å². The molecule has 0 bridgehead atoms. The molecule has 5 heteroatoms. The highest BCUT2D eigenvalue weighted by atomic mass is 32.2. The van der Waals surface area contributed by atoms with E-state index in [2.05, 4.69) is 0 Å². The molecule has 0 unspecified atom stereocenters. The van der Waals surface area contributed by atoms with Gasteiger partial charge in [-0.25, -0.2) is 4.31 Å². The van der Waals surface area contributed by atoms with Gasteiger partial charge in [-0.1, -0.05) is 18.2 Å². The molecule has 90 valence electrons. The molecule has 4 nitrogen and oxygen atoms in total. The lowest BCUT2D eigenvalue weighted by Crippen LogP contribution is -2.41. The monoisotopic (exact) mass is 251 g/mol. The molecule has 2 rings (SSSR count).